The Morgan fingerprint density at radius 3 is 3.16 bits per heavy atom. The van der Waals surface area contributed by atoms with Gasteiger partial charge in [-0.2, -0.15) is 5.10 Å². The van der Waals surface area contributed by atoms with Crippen molar-refractivity contribution < 1.29 is 0 Å². The van der Waals surface area contributed by atoms with E-state index in [9.17, 15) is 0 Å². The summed E-state index contributed by atoms with van der Waals surface area (Å²) in [6.07, 6.45) is 6.75. The first-order valence-corrected chi connectivity index (χ1v) is 6.53. The van der Waals surface area contributed by atoms with Crippen LogP contribution in [0.5, 0.6) is 0 Å². The van der Waals surface area contributed by atoms with Crippen LogP contribution in [0.2, 0.25) is 0 Å². The maximum Gasteiger partial charge on any atom is 0.0948 e. The zero-order valence-corrected chi connectivity index (χ0v) is 10.9. The SMILES string of the molecule is CCCn1cncc1CNc1ccc2[nH]ncc2c1. The highest BCUT2D eigenvalue weighted by molar-refractivity contribution is 5.81. The highest BCUT2D eigenvalue weighted by Crippen LogP contribution is 2.17. The third kappa shape index (κ3) is 2.45. The van der Waals surface area contributed by atoms with Crippen LogP contribution in [0.25, 0.3) is 10.9 Å². The standard InChI is InChI=1S/C14H17N5/c1-2-5-19-10-15-8-13(19)9-16-12-3-4-14-11(6-12)7-17-18-14/h3-4,6-8,10,16H,2,5,9H2,1H3,(H,17,18). The van der Waals surface area contributed by atoms with Gasteiger partial charge in [0.2, 0.25) is 0 Å². The molecule has 0 spiro atoms. The van der Waals surface area contributed by atoms with Gasteiger partial charge in [-0.1, -0.05) is 6.92 Å². The number of imidazole rings is 1. The monoisotopic (exact) mass is 255 g/mol. The number of hydrogen-bond acceptors (Lipinski definition) is 3. The average molecular weight is 255 g/mol. The number of anilines is 1. The third-order valence-corrected chi connectivity index (χ3v) is 3.18. The Hall–Kier alpha value is -2.30. The molecule has 2 aromatic heterocycles. The molecule has 0 atom stereocenters. The van der Waals surface area contributed by atoms with Crippen molar-refractivity contribution in [3.8, 4) is 0 Å². The van der Waals surface area contributed by atoms with E-state index in [2.05, 4.69) is 44.1 Å². The number of rotatable bonds is 5. The lowest BCUT2D eigenvalue weighted by Gasteiger charge is -2.09. The maximum atomic E-state index is 4.20. The van der Waals surface area contributed by atoms with Gasteiger partial charge in [-0.25, -0.2) is 4.98 Å². The molecule has 0 saturated carbocycles. The Bertz CT molecular complexity index is 667. The highest BCUT2D eigenvalue weighted by Gasteiger charge is 2.02. The fraction of sp³-hybridized carbons (Fsp3) is 0.286. The van der Waals surface area contributed by atoms with E-state index < -0.39 is 0 Å². The van der Waals surface area contributed by atoms with Gasteiger partial charge in [-0.05, 0) is 24.6 Å². The number of fused-ring (bicyclic) bond motifs is 1. The van der Waals surface area contributed by atoms with Crippen molar-refractivity contribution in [1.82, 2.24) is 19.7 Å². The summed E-state index contributed by atoms with van der Waals surface area (Å²) in [6.45, 7) is 3.96. The van der Waals surface area contributed by atoms with Crippen molar-refractivity contribution in [2.45, 2.75) is 26.4 Å². The Morgan fingerprint density at radius 1 is 1.32 bits per heavy atom. The zero-order chi connectivity index (χ0) is 13.1. The highest BCUT2D eigenvalue weighted by atomic mass is 15.1. The maximum absolute atomic E-state index is 4.20. The van der Waals surface area contributed by atoms with E-state index in [0.29, 0.717) is 0 Å². The van der Waals surface area contributed by atoms with Gasteiger partial charge in [-0.3, -0.25) is 5.10 Å². The fourth-order valence-corrected chi connectivity index (χ4v) is 2.18. The molecule has 0 aliphatic heterocycles. The molecule has 2 N–H and O–H groups in total. The van der Waals surface area contributed by atoms with Crippen LogP contribution in [-0.2, 0) is 13.1 Å². The summed E-state index contributed by atoms with van der Waals surface area (Å²) in [5.74, 6) is 0. The minimum absolute atomic E-state index is 0.781. The Balaban J connectivity index is 1.72. The summed E-state index contributed by atoms with van der Waals surface area (Å²) >= 11 is 0. The second kappa shape index (κ2) is 5.14. The van der Waals surface area contributed by atoms with Crippen LogP contribution in [0.4, 0.5) is 5.69 Å². The van der Waals surface area contributed by atoms with Crippen molar-refractivity contribution >= 4 is 16.6 Å². The molecule has 0 aliphatic rings. The molecule has 2 heterocycles. The second-order valence-corrected chi connectivity index (χ2v) is 4.60. The fourth-order valence-electron chi connectivity index (χ4n) is 2.18. The van der Waals surface area contributed by atoms with Crippen molar-refractivity contribution in [2.24, 2.45) is 0 Å². The summed E-state index contributed by atoms with van der Waals surface area (Å²) in [5, 5.41) is 11.5. The molecule has 3 aromatic rings. The van der Waals surface area contributed by atoms with E-state index in [4.69, 9.17) is 0 Å². The lowest BCUT2D eigenvalue weighted by Crippen LogP contribution is -2.06. The number of hydrogen-bond donors (Lipinski definition) is 2. The number of nitrogens with zero attached hydrogens (tertiary/aromatic N) is 3. The molecule has 5 nitrogen and oxygen atoms in total. The van der Waals surface area contributed by atoms with Crippen LogP contribution < -0.4 is 5.32 Å². The molecular formula is C14H17N5. The molecule has 3 rings (SSSR count). The molecule has 0 aliphatic carbocycles. The van der Waals surface area contributed by atoms with Gasteiger partial charge in [0.15, 0.2) is 0 Å². The third-order valence-electron chi connectivity index (χ3n) is 3.18. The van der Waals surface area contributed by atoms with Crippen molar-refractivity contribution in [3.05, 3.63) is 42.6 Å². The first-order valence-electron chi connectivity index (χ1n) is 6.53. The molecule has 5 heteroatoms. The molecule has 0 unspecified atom stereocenters. The van der Waals surface area contributed by atoms with E-state index in [1.807, 2.05) is 24.8 Å². The van der Waals surface area contributed by atoms with Crippen LogP contribution in [-0.4, -0.2) is 19.7 Å². The Labute approximate surface area is 111 Å². The lowest BCUT2D eigenvalue weighted by molar-refractivity contribution is 0.651. The summed E-state index contributed by atoms with van der Waals surface area (Å²) < 4.78 is 2.18. The number of nitrogens with one attached hydrogen (secondary N) is 2. The van der Waals surface area contributed by atoms with Crippen molar-refractivity contribution in [1.29, 1.82) is 0 Å². The van der Waals surface area contributed by atoms with Crippen molar-refractivity contribution in [2.75, 3.05) is 5.32 Å². The minimum atomic E-state index is 0.781. The van der Waals surface area contributed by atoms with Gasteiger partial charge < -0.3 is 9.88 Å². The zero-order valence-electron chi connectivity index (χ0n) is 10.9. The smallest absolute Gasteiger partial charge is 0.0948 e. The van der Waals surface area contributed by atoms with E-state index in [-0.39, 0.29) is 0 Å². The van der Waals surface area contributed by atoms with Crippen LogP contribution in [0.15, 0.2) is 36.9 Å². The van der Waals surface area contributed by atoms with Gasteiger partial charge in [-0.15, -0.1) is 0 Å². The predicted octanol–water partition coefficient (Wildman–Crippen LogP) is 2.78. The van der Waals surface area contributed by atoms with Gasteiger partial charge in [0.1, 0.15) is 0 Å². The topological polar surface area (TPSA) is 58.5 Å². The number of H-pyrrole nitrogens is 1. The summed E-state index contributed by atoms with van der Waals surface area (Å²) in [4.78, 5) is 4.20. The molecule has 0 saturated heterocycles. The van der Waals surface area contributed by atoms with Crippen LogP contribution in [0, 0.1) is 0 Å². The Kier molecular flexibility index (Phi) is 3.18. The van der Waals surface area contributed by atoms with Crippen LogP contribution in [0.1, 0.15) is 19.0 Å². The van der Waals surface area contributed by atoms with Crippen molar-refractivity contribution in [3.63, 3.8) is 0 Å². The molecule has 19 heavy (non-hydrogen) atoms. The second-order valence-electron chi connectivity index (χ2n) is 4.60. The predicted molar refractivity (Wildman–Crippen MR) is 75.9 cm³/mol. The molecule has 98 valence electrons. The average Bonchev–Trinajstić information content (AvgIpc) is 3.05. The number of aromatic amines is 1. The molecular weight excluding hydrogens is 238 g/mol. The molecule has 1 aromatic carbocycles. The minimum Gasteiger partial charge on any atom is -0.379 e. The first kappa shape index (κ1) is 11.8. The van der Waals surface area contributed by atoms with Gasteiger partial charge in [0.25, 0.3) is 0 Å². The summed E-state index contributed by atoms with van der Waals surface area (Å²) in [7, 11) is 0. The summed E-state index contributed by atoms with van der Waals surface area (Å²) in [6, 6.07) is 6.19. The van der Waals surface area contributed by atoms with Crippen LogP contribution >= 0.6 is 0 Å². The molecule has 0 radical (unpaired) electrons. The number of aryl methyl sites for hydroxylation is 1. The molecule has 0 amide bonds. The van der Waals surface area contributed by atoms with E-state index in [1.165, 1.54) is 5.69 Å². The molecule has 0 fully saturated rings. The van der Waals surface area contributed by atoms with Gasteiger partial charge in [0, 0.05) is 23.8 Å². The number of aromatic nitrogens is 4. The largest absolute Gasteiger partial charge is 0.379 e. The van der Waals surface area contributed by atoms with Crippen LogP contribution in [0.3, 0.4) is 0 Å². The number of benzene rings is 1. The Morgan fingerprint density at radius 2 is 2.26 bits per heavy atom. The molecule has 0 bridgehead atoms. The first-order chi connectivity index (χ1) is 9.36. The quantitative estimate of drug-likeness (QED) is 0.737. The van der Waals surface area contributed by atoms with Gasteiger partial charge in [0.05, 0.1) is 30.3 Å². The normalized spacial score (nSPS) is 11.0. The van der Waals surface area contributed by atoms with Gasteiger partial charge >= 0.3 is 0 Å². The summed E-state index contributed by atoms with van der Waals surface area (Å²) in [5.41, 5.74) is 3.36. The van der Waals surface area contributed by atoms with E-state index in [0.717, 1.165) is 36.1 Å². The van der Waals surface area contributed by atoms with E-state index in [1.54, 1.807) is 0 Å². The lowest BCUT2D eigenvalue weighted by atomic mass is 10.2. The van der Waals surface area contributed by atoms with E-state index >= 15 is 0 Å².